The molecule has 0 spiro atoms. The average Bonchev–Trinajstić information content (AvgIpc) is 2.34. The number of hydrogen-bond donors (Lipinski definition) is 0. The molecular weight excluding hydrogens is 204 g/mol. The molecule has 0 bridgehead atoms. The molecule has 0 aliphatic rings. The molecule has 0 aromatic heterocycles. The van der Waals surface area contributed by atoms with Crippen molar-refractivity contribution in [2.75, 3.05) is 14.2 Å². The fraction of sp³-hybridized carbons (Fsp3) is 0.154. The van der Waals surface area contributed by atoms with Crippen molar-refractivity contribution in [1.82, 2.24) is 0 Å². The Kier molecular flexibility index (Phi) is 4.86. The largest absolute Gasteiger partial charge is 0.503 e. The maximum absolute atomic E-state index is 11.3. The molecule has 0 saturated carbocycles. The van der Waals surface area contributed by atoms with Gasteiger partial charge in [-0.15, -0.1) is 0 Å². The zero-order valence-corrected chi connectivity index (χ0v) is 9.34. The van der Waals surface area contributed by atoms with Gasteiger partial charge in [-0.3, -0.25) is 0 Å². The molecule has 1 rings (SSSR count). The third-order valence-electron chi connectivity index (χ3n) is 1.92. The highest BCUT2D eigenvalue weighted by Gasteiger charge is 2.05. The number of esters is 1. The van der Waals surface area contributed by atoms with Gasteiger partial charge in [0.25, 0.3) is 0 Å². The Morgan fingerprint density at radius 1 is 1.19 bits per heavy atom. The molecule has 3 nitrogen and oxygen atoms in total. The van der Waals surface area contributed by atoms with Crippen molar-refractivity contribution in [3.63, 3.8) is 0 Å². The molecule has 0 radical (unpaired) electrons. The topological polar surface area (TPSA) is 35.5 Å². The van der Waals surface area contributed by atoms with Gasteiger partial charge in [0.15, 0.2) is 0 Å². The molecule has 16 heavy (non-hydrogen) atoms. The summed E-state index contributed by atoms with van der Waals surface area (Å²) in [4.78, 5) is 11.3. The Labute approximate surface area is 95.0 Å². The molecule has 0 unspecified atom stereocenters. The molecule has 0 fully saturated rings. The molecule has 0 aliphatic heterocycles. The minimum Gasteiger partial charge on any atom is -0.503 e. The van der Waals surface area contributed by atoms with Crippen LogP contribution < -0.4 is 0 Å². The Morgan fingerprint density at radius 2 is 1.88 bits per heavy atom. The van der Waals surface area contributed by atoms with Gasteiger partial charge in [0.05, 0.1) is 26.1 Å². The van der Waals surface area contributed by atoms with Crippen LogP contribution in [-0.2, 0) is 14.3 Å². The van der Waals surface area contributed by atoms with E-state index in [2.05, 4.69) is 4.74 Å². The van der Waals surface area contributed by atoms with Gasteiger partial charge >= 0.3 is 5.97 Å². The molecule has 0 aliphatic carbocycles. The molecule has 1 aromatic rings. The number of ether oxygens (including phenoxy) is 2. The molecule has 0 saturated heterocycles. The first-order valence-corrected chi connectivity index (χ1v) is 4.82. The first kappa shape index (κ1) is 12.0. The lowest BCUT2D eigenvalue weighted by Gasteiger charge is -1.99. The molecule has 84 valence electrons. The second-order valence-corrected chi connectivity index (χ2v) is 3.04. The van der Waals surface area contributed by atoms with Crippen LogP contribution in [0.5, 0.6) is 0 Å². The number of benzene rings is 1. The van der Waals surface area contributed by atoms with E-state index in [1.54, 1.807) is 6.08 Å². The maximum atomic E-state index is 11.3. The van der Waals surface area contributed by atoms with Crippen LogP contribution >= 0.6 is 0 Å². The summed E-state index contributed by atoms with van der Waals surface area (Å²) in [6, 6.07) is 9.68. The zero-order valence-electron chi connectivity index (χ0n) is 9.34. The quantitative estimate of drug-likeness (QED) is 0.337. The van der Waals surface area contributed by atoms with E-state index in [-0.39, 0.29) is 0 Å². The molecule has 1 aromatic carbocycles. The minimum absolute atomic E-state index is 0.369. The highest BCUT2D eigenvalue weighted by Crippen LogP contribution is 2.06. The van der Waals surface area contributed by atoms with Gasteiger partial charge in [-0.05, 0) is 11.6 Å². The second-order valence-electron chi connectivity index (χ2n) is 3.04. The standard InChI is InChI=1S/C13H14O3/c1-15-10-12(13(14)16-2)9-8-11-6-4-3-5-7-11/h3-10H,1-2H3/b9-8-,12-10+. The van der Waals surface area contributed by atoms with Crippen molar-refractivity contribution in [2.24, 2.45) is 0 Å². The van der Waals surface area contributed by atoms with E-state index in [9.17, 15) is 4.79 Å². The Bertz CT molecular complexity index is 391. The SMILES string of the molecule is CO/C=C(\C=C/c1ccccc1)C(=O)OC. The lowest BCUT2D eigenvalue weighted by Crippen LogP contribution is -2.02. The summed E-state index contributed by atoms with van der Waals surface area (Å²) in [6.45, 7) is 0. The lowest BCUT2D eigenvalue weighted by atomic mass is 10.2. The van der Waals surface area contributed by atoms with Gasteiger partial charge in [0, 0.05) is 0 Å². The lowest BCUT2D eigenvalue weighted by molar-refractivity contribution is -0.135. The smallest absolute Gasteiger partial charge is 0.340 e. The van der Waals surface area contributed by atoms with Crippen molar-refractivity contribution in [1.29, 1.82) is 0 Å². The van der Waals surface area contributed by atoms with Crippen molar-refractivity contribution in [2.45, 2.75) is 0 Å². The third-order valence-corrected chi connectivity index (χ3v) is 1.92. The van der Waals surface area contributed by atoms with Crippen LogP contribution in [0.4, 0.5) is 0 Å². The van der Waals surface area contributed by atoms with Gasteiger partial charge in [-0.1, -0.05) is 36.4 Å². The van der Waals surface area contributed by atoms with Crippen molar-refractivity contribution >= 4 is 12.0 Å². The second kappa shape index (κ2) is 6.45. The molecule has 0 amide bonds. The number of hydrogen-bond acceptors (Lipinski definition) is 3. The fourth-order valence-corrected chi connectivity index (χ4v) is 1.15. The van der Waals surface area contributed by atoms with Crippen LogP contribution in [0.3, 0.4) is 0 Å². The van der Waals surface area contributed by atoms with E-state index in [0.29, 0.717) is 5.57 Å². The van der Waals surface area contributed by atoms with Crippen LogP contribution in [0.25, 0.3) is 6.08 Å². The molecular formula is C13H14O3. The van der Waals surface area contributed by atoms with E-state index in [0.717, 1.165) is 5.56 Å². The van der Waals surface area contributed by atoms with Crippen molar-refractivity contribution < 1.29 is 14.3 Å². The number of carbonyl (C=O) groups excluding carboxylic acids is 1. The third kappa shape index (κ3) is 3.61. The van der Waals surface area contributed by atoms with Crippen molar-refractivity contribution in [3.05, 3.63) is 53.8 Å². The summed E-state index contributed by atoms with van der Waals surface area (Å²) in [6.07, 6.45) is 4.83. The zero-order chi connectivity index (χ0) is 11.8. The predicted octanol–water partition coefficient (Wildman–Crippen LogP) is 2.40. The molecule has 0 N–H and O–H groups in total. The number of carbonyl (C=O) groups is 1. The van der Waals surface area contributed by atoms with Crippen molar-refractivity contribution in [3.8, 4) is 0 Å². The van der Waals surface area contributed by atoms with E-state index >= 15 is 0 Å². The molecule has 3 heteroatoms. The van der Waals surface area contributed by atoms with E-state index in [1.807, 2.05) is 36.4 Å². The van der Waals surface area contributed by atoms with Gasteiger partial charge in [-0.25, -0.2) is 4.79 Å². The van der Waals surface area contributed by atoms with Gasteiger partial charge in [0.1, 0.15) is 0 Å². The van der Waals surface area contributed by atoms with Crippen LogP contribution in [0.2, 0.25) is 0 Å². The summed E-state index contributed by atoms with van der Waals surface area (Å²) in [5.74, 6) is -0.422. The summed E-state index contributed by atoms with van der Waals surface area (Å²) >= 11 is 0. The van der Waals surface area contributed by atoms with Crippen LogP contribution in [0, 0.1) is 0 Å². The summed E-state index contributed by atoms with van der Waals surface area (Å²) in [5.41, 5.74) is 1.38. The average molecular weight is 218 g/mol. The highest BCUT2D eigenvalue weighted by atomic mass is 16.5. The van der Waals surface area contributed by atoms with E-state index < -0.39 is 5.97 Å². The summed E-state index contributed by atoms with van der Waals surface area (Å²) in [5, 5.41) is 0. The predicted molar refractivity (Wildman–Crippen MR) is 62.6 cm³/mol. The van der Waals surface area contributed by atoms with E-state index in [1.165, 1.54) is 20.5 Å². The summed E-state index contributed by atoms with van der Waals surface area (Å²) in [7, 11) is 2.82. The number of rotatable bonds is 4. The monoisotopic (exact) mass is 218 g/mol. The number of methoxy groups -OCH3 is 2. The van der Waals surface area contributed by atoms with Crippen LogP contribution in [0.1, 0.15) is 5.56 Å². The first-order valence-electron chi connectivity index (χ1n) is 4.82. The Balaban J connectivity index is 2.81. The molecule has 0 atom stereocenters. The normalized spacial score (nSPS) is 11.5. The Morgan fingerprint density at radius 3 is 2.44 bits per heavy atom. The first-order chi connectivity index (χ1) is 7.77. The van der Waals surface area contributed by atoms with Gasteiger partial charge < -0.3 is 9.47 Å². The van der Waals surface area contributed by atoms with Gasteiger partial charge in [-0.2, -0.15) is 0 Å². The van der Waals surface area contributed by atoms with E-state index in [4.69, 9.17) is 4.74 Å². The van der Waals surface area contributed by atoms with Crippen LogP contribution in [-0.4, -0.2) is 20.2 Å². The minimum atomic E-state index is -0.422. The maximum Gasteiger partial charge on any atom is 0.340 e. The fourth-order valence-electron chi connectivity index (χ4n) is 1.15. The van der Waals surface area contributed by atoms with Gasteiger partial charge in [0.2, 0.25) is 0 Å². The highest BCUT2D eigenvalue weighted by molar-refractivity contribution is 5.92. The molecule has 0 heterocycles. The Hall–Kier alpha value is -2.03. The summed E-state index contributed by atoms with van der Waals surface area (Å²) < 4.78 is 9.42. The van der Waals surface area contributed by atoms with Crippen LogP contribution in [0.15, 0.2) is 48.2 Å².